The summed E-state index contributed by atoms with van der Waals surface area (Å²) in [5.74, 6) is 4.52. The monoisotopic (exact) mass is 697 g/mol. The minimum atomic E-state index is -1.79. The Balaban J connectivity index is 1.59. The number of nitrogens with zero attached hydrogens (tertiary/aromatic N) is 3. The third-order valence-corrected chi connectivity index (χ3v) is 9.29. The molecule has 1 amide bonds. The minimum Gasteiger partial charge on any atom is -0.479 e. The molecule has 13 heteroatoms. The van der Waals surface area contributed by atoms with Crippen molar-refractivity contribution >= 4 is 51.1 Å². The molecule has 0 unspecified atom stereocenters. The fourth-order valence-corrected chi connectivity index (χ4v) is 6.80. The average molecular weight is 699 g/mol. The third kappa shape index (κ3) is 5.67. The van der Waals surface area contributed by atoms with E-state index in [1.807, 2.05) is 16.8 Å². The fraction of sp³-hybridized carbons (Fsp3) is 0.424. The van der Waals surface area contributed by atoms with Gasteiger partial charge in [0.1, 0.15) is 29.7 Å². The van der Waals surface area contributed by atoms with Gasteiger partial charge in [0.05, 0.1) is 40.6 Å². The van der Waals surface area contributed by atoms with Crippen molar-refractivity contribution in [3.63, 3.8) is 0 Å². The van der Waals surface area contributed by atoms with Crippen LogP contribution < -0.4 is 4.90 Å². The van der Waals surface area contributed by atoms with Crippen molar-refractivity contribution in [2.75, 3.05) is 31.1 Å². The summed E-state index contributed by atoms with van der Waals surface area (Å²) in [6, 6.07) is 2.25. The summed E-state index contributed by atoms with van der Waals surface area (Å²) in [5, 5.41) is 21.2. The highest BCUT2D eigenvalue weighted by molar-refractivity contribution is 9.12. The topological polar surface area (TPSA) is 137 Å². The average Bonchev–Trinajstić information content (AvgIpc) is 3.51. The Hall–Kier alpha value is -4.21. The van der Waals surface area contributed by atoms with Gasteiger partial charge in [0, 0.05) is 41.6 Å². The van der Waals surface area contributed by atoms with E-state index in [4.69, 9.17) is 9.47 Å². The zero-order chi connectivity index (χ0) is 33.6. The molecule has 2 N–H and O–H groups in total. The molecule has 1 fully saturated rings. The summed E-state index contributed by atoms with van der Waals surface area (Å²) in [5.41, 5.74) is -0.640. The first-order valence-electron chi connectivity index (χ1n) is 14.7. The van der Waals surface area contributed by atoms with Gasteiger partial charge >= 0.3 is 6.09 Å². The van der Waals surface area contributed by atoms with E-state index < -0.39 is 29.7 Å². The normalized spacial score (nSPS) is 22.7. The van der Waals surface area contributed by atoms with Gasteiger partial charge in [-0.3, -0.25) is 0 Å². The van der Waals surface area contributed by atoms with Gasteiger partial charge in [-0.2, -0.15) is 0 Å². The van der Waals surface area contributed by atoms with Crippen LogP contribution in [-0.4, -0.2) is 87.4 Å². The molecule has 0 aliphatic carbocycles. The second-order valence-electron chi connectivity index (χ2n) is 12.3. The molecule has 11 nitrogen and oxygen atoms in total. The lowest BCUT2D eigenvalue weighted by Crippen LogP contribution is -2.45. The van der Waals surface area contributed by atoms with E-state index in [1.54, 1.807) is 55.7 Å². The number of hydrogen-bond donors (Lipinski definition) is 2. The standard InChI is InChI=1S/C33H33BrFN3O8/c1-5-33(44)24-7-9-36(28(16-41)23(24)18-45-29(33)17-42)13-27-30(34)22(15-40)21-11-25(35)19(14-39)10-26(21)38(27)20-6-8-37(12-20)31(43)46-32(2,3)4/h7,9-11,20,39,44H,5-6,8,12-14,18H2,1-4H3/t20-,33+/m1/s1. The van der Waals surface area contributed by atoms with Crippen molar-refractivity contribution in [3.05, 3.63) is 74.1 Å². The van der Waals surface area contributed by atoms with E-state index in [-0.39, 0.29) is 64.8 Å². The Labute approximate surface area is 273 Å². The summed E-state index contributed by atoms with van der Waals surface area (Å²) < 4.78 is 26.4. The largest absolute Gasteiger partial charge is 0.479 e. The number of anilines is 1. The number of hydrogen-bond acceptors (Lipinski definition) is 10. The second-order valence-corrected chi connectivity index (χ2v) is 13.1. The molecule has 4 aliphatic heterocycles. The molecule has 1 aromatic rings. The minimum absolute atomic E-state index is 0.00625. The van der Waals surface area contributed by atoms with Gasteiger partial charge in [0.25, 0.3) is 0 Å². The van der Waals surface area contributed by atoms with Crippen LogP contribution in [0.15, 0.2) is 57.2 Å². The molecule has 1 aromatic carbocycles. The van der Waals surface area contributed by atoms with Gasteiger partial charge < -0.3 is 34.4 Å². The SMILES string of the molecule is CC[C@@]1(O)C(=C=O)OCC2=C1C=CN(CC1=C(Br)C(=C=O)c3cc(F)c(CO)cc3N1[C@@H]1CCN(C(=O)OC(C)(C)C)C1)C2=C=O. The lowest BCUT2D eigenvalue weighted by Gasteiger charge is -2.42. The molecule has 46 heavy (non-hydrogen) atoms. The quantitative estimate of drug-likeness (QED) is 0.439. The number of fused-ring (bicyclic) bond motifs is 1. The number of ether oxygens (including phenoxy) is 2. The highest BCUT2D eigenvalue weighted by atomic mass is 79.9. The van der Waals surface area contributed by atoms with Crippen LogP contribution in [0.1, 0.15) is 51.7 Å². The maximum atomic E-state index is 15.0. The molecule has 0 bridgehead atoms. The lowest BCUT2D eigenvalue weighted by atomic mass is 9.81. The van der Waals surface area contributed by atoms with Crippen LogP contribution in [-0.2, 0) is 30.5 Å². The Kier molecular flexibility index (Phi) is 9.03. The number of carbonyl (C=O) groups is 1. The predicted molar refractivity (Wildman–Crippen MR) is 169 cm³/mol. The van der Waals surface area contributed by atoms with Gasteiger partial charge in [-0.25, -0.2) is 23.6 Å². The third-order valence-electron chi connectivity index (χ3n) is 8.43. The molecular formula is C33H33BrFN3O8. The number of aliphatic hydroxyl groups excluding tert-OH is 1. The summed E-state index contributed by atoms with van der Waals surface area (Å²) in [6.45, 7) is 6.76. The zero-order valence-electron chi connectivity index (χ0n) is 25.8. The van der Waals surface area contributed by atoms with Crippen LogP contribution in [0.2, 0.25) is 0 Å². The van der Waals surface area contributed by atoms with Crippen LogP contribution in [0.5, 0.6) is 0 Å². The van der Waals surface area contributed by atoms with E-state index >= 15 is 0 Å². The van der Waals surface area contributed by atoms with Crippen LogP contribution >= 0.6 is 15.9 Å². The second kappa shape index (κ2) is 12.5. The van der Waals surface area contributed by atoms with Crippen molar-refractivity contribution < 1.29 is 43.3 Å². The van der Waals surface area contributed by atoms with E-state index in [9.17, 15) is 33.8 Å². The summed E-state index contributed by atoms with van der Waals surface area (Å²) in [7, 11) is 0. The van der Waals surface area contributed by atoms with Crippen molar-refractivity contribution in [2.24, 2.45) is 0 Å². The molecule has 0 spiro atoms. The van der Waals surface area contributed by atoms with E-state index in [0.717, 1.165) is 0 Å². The molecule has 4 heterocycles. The summed E-state index contributed by atoms with van der Waals surface area (Å²) in [6.07, 6.45) is 3.22. The number of carbonyl (C=O) groups excluding carboxylic acids is 4. The lowest BCUT2D eigenvalue weighted by molar-refractivity contribution is 0.0291. The van der Waals surface area contributed by atoms with Gasteiger partial charge in [-0.05, 0) is 67.8 Å². The Morgan fingerprint density at radius 1 is 1.22 bits per heavy atom. The van der Waals surface area contributed by atoms with E-state index in [1.165, 1.54) is 12.1 Å². The Bertz CT molecular complexity index is 1740. The molecule has 242 valence electrons. The number of aliphatic hydroxyl groups is 2. The first-order chi connectivity index (χ1) is 21.8. The van der Waals surface area contributed by atoms with Gasteiger partial charge in [0.15, 0.2) is 17.5 Å². The molecule has 2 atom stereocenters. The van der Waals surface area contributed by atoms with Gasteiger partial charge in [-0.1, -0.05) is 6.92 Å². The van der Waals surface area contributed by atoms with Gasteiger partial charge in [0.2, 0.25) is 5.76 Å². The number of amides is 1. The number of likely N-dealkylation sites (tertiary alicyclic amines) is 1. The fourth-order valence-electron chi connectivity index (χ4n) is 6.19. The summed E-state index contributed by atoms with van der Waals surface area (Å²) in [4.78, 5) is 54.3. The molecule has 5 rings (SSSR count). The van der Waals surface area contributed by atoms with Crippen LogP contribution in [0.25, 0.3) is 5.57 Å². The van der Waals surface area contributed by atoms with Crippen LogP contribution in [0, 0.1) is 5.82 Å². The van der Waals surface area contributed by atoms with Crippen LogP contribution in [0.4, 0.5) is 14.9 Å². The first kappa shape index (κ1) is 33.2. The van der Waals surface area contributed by atoms with Crippen LogP contribution in [0.3, 0.4) is 0 Å². The molecule has 1 saturated heterocycles. The highest BCUT2D eigenvalue weighted by Gasteiger charge is 2.45. The molecule has 0 saturated carbocycles. The van der Waals surface area contributed by atoms with Crippen molar-refractivity contribution in [1.29, 1.82) is 0 Å². The maximum Gasteiger partial charge on any atom is 0.410 e. The maximum absolute atomic E-state index is 15.0. The van der Waals surface area contributed by atoms with Crippen molar-refractivity contribution in [2.45, 2.75) is 64.4 Å². The first-order valence-corrected chi connectivity index (χ1v) is 15.5. The molecule has 0 aromatic heterocycles. The highest BCUT2D eigenvalue weighted by Crippen LogP contribution is 2.47. The molecule has 4 aliphatic rings. The summed E-state index contributed by atoms with van der Waals surface area (Å²) >= 11 is 3.55. The van der Waals surface area contributed by atoms with E-state index in [2.05, 4.69) is 15.9 Å². The predicted octanol–water partition coefficient (Wildman–Crippen LogP) is 3.70. The Morgan fingerprint density at radius 3 is 2.57 bits per heavy atom. The number of rotatable bonds is 5. The zero-order valence-corrected chi connectivity index (χ0v) is 27.4. The smallest absolute Gasteiger partial charge is 0.410 e. The number of allylic oxidation sites excluding steroid dienone is 2. The van der Waals surface area contributed by atoms with Crippen molar-refractivity contribution in [1.82, 2.24) is 9.80 Å². The number of benzene rings is 1. The van der Waals surface area contributed by atoms with Crippen molar-refractivity contribution in [3.8, 4) is 0 Å². The van der Waals surface area contributed by atoms with Gasteiger partial charge in [-0.15, -0.1) is 0 Å². The number of halogens is 2. The molecule has 0 radical (unpaired) electrons. The Morgan fingerprint density at radius 2 is 1.96 bits per heavy atom. The van der Waals surface area contributed by atoms with E-state index in [0.29, 0.717) is 35.5 Å². The molecular weight excluding hydrogens is 665 g/mol.